The zero-order valence-corrected chi connectivity index (χ0v) is 21.2. The standard InChI is InChI=1S/C31H27FO6/c1-20(2)30(34)36-18-17-22-5-7-23(8-6-22)25-10-9-24(28(32)19-25)11-16-29(33)37-26-12-14-27(15-13-26)38-31(35)21(3)4/h5-16,19H,1,3,17-18H2,2,4H3/b16-11+. The van der Waals surface area contributed by atoms with Crippen LogP contribution < -0.4 is 9.47 Å². The molecule has 0 atom stereocenters. The Morgan fingerprint density at radius 1 is 0.789 bits per heavy atom. The van der Waals surface area contributed by atoms with E-state index in [-0.39, 0.29) is 29.2 Å². The largest absolute Gasteiger partial charge is 0.462 e. The van der Waals surface area contributed by atoms with E-state index in [0.29, 0.717) is 17.6 Å². The number of benzene rings is 3. The first-order valence-electron chi connectivity index (χ1n) is 11.7. The SMILES string of the molecule is C=C(C)C(=O)OCCc1ccc(-c2ccc(/C=C/C(=O)Oc3ccc(OC(=O)C(=C)C)cc3)c(F)c2)cc1. The predicted molar refractivity (Wildman–Crippen MR) is 143 cm³/mol. The van der Waals surface area contributed by atoms with Crippen molar-refractivity contribution in [2.45, 2.75) is 20.3 Å². The van der Waals surface area contributed by atoms with Crippen molar-refractivity contribution in [1.82, 2.24) is 0 Å². The molecule has 0 saturated heterocycles. The second-order valence-corrected chi connectivity index (χ2v) is 8.50. The summed E-state index contributed by atoms with van der Waals surface area (Å²) in [5.41, 5.74) is 3.31. The molecule has 0 aromatic heterocycles. The minimum atomic E-state index is -0.690. The normalized spacial score (nSPS) is 10.6. The van der Waals surface area contributed by atoms with Gasteiger partial charge in [0.25, 0.3) is 0 Å². The molecule has 3 aromatic rings. The third-order valence-electron chi connectivity index (χ3n) is 5.26. The van der Waals surface area contributed by atoms with Crippen LogP contribution in [-0.2, 0) is 25.5 Å². The topological polar surface area (TPSA) is 78.9 Å². The number of esters is 3. The highest BCUT2D eigenvalue weighted by Crippen LogP contribution is 2.24. The van der Waals surface area contributed by atoms with Crippen LogP contribution in [0.4, 0.5) is 4.39 Å². The zero-order valence-electron chi connectivity index (χ0n) is 21.2. The van der Waals surface area contributed by atoms with E-state index in [1.807, 2.05) is 24.3 Å². The van der Waals surface area contributed by atoms with Crippen LogP contribution in [0.25, 0.3) is 17.2 Å². The quantitative estimate of drug-likeness (QED) is 0.181. The van der Waals surface area contributed by atoms with Gasteiger partial charge in [-0.15, -0.1) is 0 Å². The lowest BCUT2D eigenvalue weighted by molar-refractivity contribution is -0.138. The van der Waals surface area contributed by atoms with Gasteiger partial charge in [-0.3, -0.25) is 0 Å². The highest BCUT2D eigenvalue weighted by molar-refractivity contribution is 5.89. The summed E-state index contributed by atoms with van der Waals surface area (Å²) in [4.78, 5) is 35.2. The Morgan fingerprint density at radius 2 is 1.37 bits per heavy atom. The molecule has 0 spiro atoms. The summed E-state index contributed by atoms with van der Waals surface area (Å²) in [7, 11) is 0. The first-order chi connectivity index (χ1) is 18.1. The summed E-state index contributed by atoms with van der Waals surface area (Å²) in [5, 5.41) is 0. The van der Waals surface area contributed by atoms with E-state index in [2.05, 4.69) is 13.2 Å². The second kappa shape index (κ2) is 13.0. The fraction of sp³-hybridized carbons (Fsp3) is 0.129. The van der Waals surface area contributed by atoms with Crippen LogP contribution in [0.3, 0.4) is 0 Å². The van der Waals surface area contributed by atoms with Crippen molar-refractivity contribution in [3.8, 4) is 22.6 Å². The Hall–Kier alpha value is -4.78. The summed E-state index contributed by atoms with van der Waals surface area (Å²) in [6.07, 6.45) is 3.02. The maximum Gasteiger partial charge on any atom is 0.338 e. The third kappa shape index (κ3) is 8.13. The Morgan fingerprint density at radius 3 is 1.95 bits per heavy atom. The van der Waals surface area contributed by atoms with Gasteiger partial charge in [-0.05, 0) is 66.9 Å². The molecular weight excluding hydrogens is 487 g/mol. The molecule has 0 aliphatic rings. The molecule has 0 aliphatic carbocycles. The van der Waals surface area contributed by atoms with Crippen molar-refractivity contribution >= 4 is 24.0 Å². The van der Waals surface area contributed by atoms with E-state index in [1.165, 1.54) is 43.3 Å². The fourth-order valence-corrected chi connectivity index (χ4v) is 3.17. The molecule has 194 valence electrons. The molecule has 0 N–H and O–H groups in total. The summed E-state index contributed by atoms with van der Waals surface area (Å²) >= 11 is 0. The molecular formula is C31H27FO6. The summed E-state index contributed by atoms with van der Waals surface area (Å²) in [6, 6.07) is 18.1. The van der Waals surface area contributed by atoms with Crippen LogP contribution in [0.5, 0.6) is 11.5 Å². The second-order valence-electron chi connectivity index (χ2n) is 8.50. The van der Waals surface area contributed by atoms with Gasteiger partial charge in [-0.1, -0.05) is 49.6 Å². The van der Waals surface area contributed by atoms with Crippen molar-refractivity contribution in [3.63, 3.8) is 0 Å². The molecule has 3 rings (SSSR count). The van der Waals surface area contributed by atoms with Crippen molar-refractivity contribution in [1.29, 1.82) is 0 Å². The predicted octanol–water partition coefficient (Wildman–Crippen LogP) is 6.25. The van der Waals surface area contributed by atoms with Crippen LogP contribution in [0.15, 0.2) is 97.1 Å². The van der Waals surface area contributed by atoms with E-state index in [9.17, 15) is 18.8 Å². The van der Waals surface area contributed by atoms with Crippen molar-refractivity contribution in [2.24, 2.45) is 0 Å². The lowest BCUT2D eigenvalue weighted by atomic mass is 10.0. The number of ether oxygens (including phenoxy) is 3. The molecule has 0 bridgehead atoms. The highest BCUT2D eigenvalue weighted by atomic mass is 19.1. The maximum atomic E-state index is 14.7. The Bertz CT molecular complexity index is 1380. The van der Waals surface area contributed by atoms with Crippen LogP contribution in [0.1, 0.15) is 25.0 Å². The molecule has 0 unspecified atom stereocenters. The van der Waals surface area contributed by atoms with Crippen molar-refractivity contribution in [2.75, 3.05) is 6.61 Å². The first kappa shape index (κ1) is 27.8. The van der Waals surface area contributed by atoms with Gasteiger partial charge in [0.2, 0.25) is 0 Å². The van der Waals surface area contributed by atoms with Crippen LogP contribution in [0, 0.1) is 5.82 Å². The van der Waals surface area contributed by atoms with Crippen molar-refractivity contribution < 1.29 is 33.0 Å². The molecule has 3 aromatic carbocycles. The van der Waals surface area contributed by atoms with E-state index in [4.69, 9.17) is 14.2 Å². The van der Waals surface area contributed by atoms with Gasteiger partial charge in [-0.2, -0.15) is 0 Å². The molecule has 0 radical (unpaired) electrons. The Balaban J connectivity index is 1.56. The Kier molecular flexibility index (Phi) is 9.48. The Labute approximate surface area is 220 Å². The molecule has 0 saturated carbocycles. The van der Waals surface area contributed by atoms with E-state index in [0.717, 1.165) is 17.2 Å². The highest BCUT2D eigenvalue weighted by Gasteiger charge is 2.08. The number of hydrogen-bond donors (Lipinski definition) is 0. The number of carbonyl (C=O) groups excluding carboxylic acids is 3. The molecule has 0 amide bonds. The maximum absolute atomic E-state index is 14.7. The number of carbonyl (C=O) groups is 3. The molecule has 0 heterocycles. The van der Waals surface area contributed by atoms with Gasteiger partial charge in [0.15, 0.2) is 0 Å². The van der Waals surface area contributed by atoms with E-state index in [1.54, 1.807) is 19.1 Å². The molecule has 6 nitrogen and oxygen atoms in total. The lowest BCUT2D eigenvalue weighted by Crippen LogP contribution is -2.08. The van der Waals surface area contributed by atoms with Crippen molar-refractivity contribution in [3.05, 3.63) is 114 Å². The zero-order chi connectivity index (χ0) is 27.7. The van der Waals surface area contributed by atoms with Gasteiger partial charge < -0.3 is 14.2 Å². The minimum Gasteiger partial charge on any atom is -0.462 e. The minimum absolute atomic E-state index is 0.226. The average molecular weight is 515 g/mol. The van der Waals surface area contributed by atoms with Crippen LogP contribution in [0.2, 0.25) is 0 Å². The number of halogens is 1. The molecule has 38 heavy (non-hydrogen) atoms. The van der Waals surface area contributed by atoms with Gasteiger partial charge >= 0.3 is 17.9 Å². The van der Waals surface area contributed by atoms with Gasteiger partial charge in [0, 0.05) is 29.2 Å². The van der Waals surface area contributed by atoms with Gasteiger partial charge in [-0.25, -0.2) is 18.8 Å². The monoisotopic (exact) mass is 514 g/mol. The third-order valence-corrected chi connectivity index (χ3v) is 5.26. The van der Waals surface area contributed by atoms with E-state index >= 15 is 0 Å². The van der Waals surface area contributed by atoms with E-state index < -0.39 is 23.7 Å². The lowest BCUT2D eigenvalue weighted by Gasteiger charge is -2.07. The summed E-state index contributed by atoms with van der Waals surface area (Å²) in [5.74, 6) is -1.63. The number of rotatable bonds is 10. The molecule has 7 heteroatoms. The smallest absolute Gasteiger partial charge is 0.338 e. The molecule has 0 aliphatic heterocycles. The summed E-state index contributed by atoms with van der Waals surface area (Å²) < 4.78 is 30.1. The fourth-order valence-electron chi connectivity index (χ4n) is 3.17. The van der Waals surface area contributed by atoms with Gasteiger partial charge in [0.05, 0.1) is 6.61 Å². The number of hydrogen-bond acceptors (Lipinski definition) is 6. The van der Waals surface area contributed by atoms with Gasteiger partial charge in [0.1, 0.15) is 17.3 Å². The van der Waals surface area contributed by atoms with Crippen LogP contribution in [-0.4, -0.2) is 24.5 Å². The summed E-state index contributed by atoms with van der Waals surface area (Å²) in [6.45, 7) is 10.4. The average Bonchev–Trinajstić information content (AvgIpc) is 2.89. The molecule has 0 fully saturated rings. The van der Waals surface area contributed by atoms with Crippen LogP contribution >= 0.6 is 0 Å². The first-order valence-corrected chi connectivity index (χ1v) is 11.7.